The summed E-state index contributed by atoms with van der Waals surface area (Å²) in [6, 6.07) is 3.72. The molecule has 9 nitrogen and oxygen atoms in total. The largest absolute Gasteiger partial charge is 1.00 e. The maximum absolute atomic E-state index is 13.4. The molecule has 0 aliphatic carbocycles. The van der Waals surface area contributed by atoms with Crippen molar-refractivity contribution in [3.63, 3.8) is 0 Å². The molecule has 2 rings (SSSR count). The smallest absolute Gasteiger partial charge is 1.00 e. The summed E-state index contributed by atoms with van der Waals surface area (Å²) in [6.07, 6.45) is -4.06. The summed E-state index contributed by atoms with van der Waals surface area (Å²) in [7, 11) is -4.18. The van der Waals surface area contributed by atoms with E-state index >= 15 is 0 Å². The minimum atomic E-state index is -4.89. The van der Waals surface area contributed by atoms with E-state index in [1.54, 1.807) is 0 Å². The predicted molar refractivity (Wildman–Crippen MR) is 106 cm³/mol. The third kappa shape index (κ3) is 6.68. The summed E-state index contributed by atoms with van der Waals surface area (Å²) in [6.45, 7) is 7.24. The number of nitrogens with zero attached hydrogens (tertiary/aromatic N) is 4. The number of nitrogens with one attached hydrogen (secondary N) is 2. The zero-order chi connectivity index (χ0) is 23.6. The van der Waals surface area contributed by atoms with Crippen molar-refractivity contribution >= 4 is 21.7 Å². The van der Waals surface area contributed by atoms with Crippen molar-refractivity contribution in [2.75, 3.05) is 11.9 Å². The Morgan fingerprint density at radius 1 is 1.28 bits per heavy atom. The summed E-state index contributed by atoms with van der Waals surface area (Å²) in [5.74, 6) is -1.09. The summed E-state index contributed by atoms with van der Waals surface area (Å²) in [5.41, 5.74) is -2.42. The van der Waals surface area contributed by atoms with Gasteiger partial charge in [0.2, 0.25) is 5.91 Å². The fourth-order valence-corrected chi connectivity index (χ4v) is 3.34. The minimum absolute atomic E-state index is 0. The molecule has 0 aliphatic rings. The van der Waals surface area contributed by atoms with Crippen LogP contribution in [0.1, 0.15) is 46.8 Å². The van der Waals surface area contributed by atoms with Crippen molar-refractivity contribution in [3.05, 3.63) is 29.6 Å². The van der Waals surface area contributed by atoms with Gasteiger partial charge >= 0.3 is 35.7 Å². The number of carbonyl (C=O) groups excluding carboxylic acids is 1. The molecule has 14 heteroatoms. The molecule has 0 atom stereocenters. The number of carbonyl (C=O) groups is 1. The Hall–Kier alpha value is -2.14. The van der Waals surface area contributed by atoms with Crippen LogP contribution >= 0.6 is 0 Å². The van der Waals surface area contributed by atoms with Gasteiger partial charge in [0.05, 0.1) is 0 Å². The monoisotopic (exact) mass is 482 g/mol. The molecule has 32 heavy (non-hydrogen) atoms. The number of amides is 1. The first kappa shape index (κ1) is 27.9. The topological polar surface area (TPSA) is 130 Å². The Labute approximate surface area is 207 Å². The van der Waals surface area contributed by atoms with Crippen LogP contribution in [0.2, 0.25) is 0 Å². The zero-order valence-corrected chi connectivity index (χ0v) is 21.0. The van der Waals surface area contributed by atoms with Crippen molar-refractivity contribution in [1.29, 1.82) is 5.26 Å². The van der Waals surface area contributed by atoms with Crippen LogP contribution < -0.4 is 39.6 Å². The van der Waals surface area contributed by atoms with Crippen LogP contribution in [0.4, 0.5) is 19.0 Å². The van der Waals surface area contributed by atoms with Crippen LogP contribution in [0.5, 0.6) is 0 Å². The minimum Gasteiger partial charge on any atom is -1.00 e. The Bertz CT molecular complexity index is 1120. The fourth-order valence-electron chi connectivity index (χ4n) is 2.34. The van der Waals surface area contributed by atoms with Crippen LogP contribution in [-0.4, -0.2) is 35.6 Å². The maximum atomic E-state index is 13.4. The van der Waals surface area contributed by atoms with Gasteiger partial charge in [-0.2, -0.15) is 28.2 Å². The molecule has 2 N–H and O–H groups in total. The van der Waals surface area contributed by atoms with Crippen LogP contribution in [0.3, 0.4) is 0 Å². The van der Waals surface area contributed by atoms with E-state index in [0.717, 1.165) is 23.0 Å². The van der Waals surface area contributed by atoms with E-state index in [1.165, 1.54) is 13.0 Å². The van der Waals surface area contributed by atoms with Crippen LogP contribution in [0.25, 0.3) is 5.82 Å². The molecule has 0 saturated heterocycles. The summed E-state index contributed by atoms with van der Waals surface area (Å²) in [5, 5.41) is 15.6. The molecule has 0 aliphatic heterocycles. The number of hydrogen-bond donors (Lipinski definition) is 2. The second-order valence-corrected chi connectivity index (χ2v) is 9.42. The van der Waals surface area contributed by atoms with Gasteiger partial charge in [-0.05, 0) is 17.5 Å². The molecule has 0 bridgehead atoms. The molecule has 0 fully saturated rings. The average molecular weight is 482 g/mol. The summed E-state index contributed by atoms with van der Waals surface area (Å²) < 4.78 is 67.2. The quantitative estimate of drug-likeness (QED) is 0.552. The Morgan fingerprint density at radius 2 is 1.91 bits per heavy atom. The molecule has 0 unspecified atom stereocenters. The van der Waals surface area contributed by atoms with Gasteiger partial charge in [-0.3, -0.25) is 4.79 Å². The molecule has 2 heterocycles. The Kier molecular flexibility index (Phi) is 8.89. The van der Waals surface area contributed by atoms with Gasteiger partial charge < -0.3 is 6.74 Å². The number of rotatable bonds is 6. The van der Waals surface area contributed by atoms with Crippen molar-refractivity contribution in [2.24, 2.45) is 5.41 Å². The van der Waals surface area contributed by atoms with Gasteiger partial charge in [-0.25, -0.2) is 18.1 Å². The van der Waals surface area contributed by atoms with Crippen LogP contribution in [-0.2, 0) is 21.0 Å². The van der Waals surface area contributed by atoms with Gasteiger partial charge in [0.25, 0.3) is 10.0 Å². The van der Waals surface area contributed by atoms with E-state index in [2.05, 4.69) is 15.4 Å². The molecule has 0 aromatic carbocycles. The second-order valence-electron chi connectivity index (χ2n) is 7.74. The summed E-state index contributed by atoms with van der Waals surface area (Å²) in [4.78, 5) is 14.9. The van der Waals surface area contributed by atoms with E-state index in [1.807, 2.05) is 25.5 Å². The first-order chi connectivity index (χ1) is 14.2. The number of alkyl halides is 3. The number of pyridine rings is 1. The molecule has 170 valence electrons. The fraction of sp³-hybridized carbons (Fsp3) is 0.444. The Balaban J connectivity index is 0.00000512. The van der Waals surface area contributed by atoms with Gasteiger partial charge in [-0.1, -0.05) is 27.7 Å². The number of halogens is 3. The molecule has 0 radical (unpaired) electrons. The first-order valence-electron chi connectivity index (χ1n) is 9.06. The normalized spacial score (nSPS) is 11.9. The average Bonchev–Trinajstić information content (AvgIpc) is 3.04. The van der Waals surface area contributed by atoms with Crippen molar-refractivity contribution in [3.8, 4) is 11.9 Å². The molecule has 2 aromatic rings. The van der Waals surface area contributed by atoms with Crippen molar-refractivity contribution < 1.29 is 57.4 Å². The molecule has 0 spiro atoms. The maximum Gasteiger partial charge on any atom is 1.00 e. The van der Waals surface area contributed by atoms with Crippen molar-refractivity contribution in [1.82, 2.24) is 19.5 Å². The third-order valence-electron chi connectivity index (χ3n) is 3.87. The zero-order valence-electron chi connectivity index (χ0n) is 19.2. The summed E-state index contributed by atoms with van der Waals surface area (Å²) >= 11 is 0. The Morgan fingerprint density at radius 3 is 2.34 bits per heavy atom. The third-order valence-corrected chi connectivity index (χ3v) is 5.23. The molecule has 1 amide bonds. The molecule has 0 saturated carbocycles. The number of sulfonamides is 1. The van der Waals surface area contributed by atoms with E-state index in [9.17, 15) is 31.6 Å². The van der Waals surface area contributed by atoms with E-state index in [0.29, 0.717) is 0 Å². The number of aromatic nitrogens is 3. The van der Waals surface area contributed by atoms with E-state index in [4.69, 9.17) is 0 Å². The van der Waals surface area contributed by atoms with Gasteiger partial charge in [0.15, 0.2) is 11.5 Å². The molecular formula is C18H22F3N6NaO3S. The van der Waals surface area contributed by atoms with Gasteiger partial charge in [0, 0.05) is 19.2 Å². The van der Waals surface area contributed by atoms with Crippen LogP contribution in [0.15, 0.2) is 23.2 Å². The van der Waals surface area contributed by atoms with Gasteiger partial charge in [-0.15, -0.1) is 0 Å². The van der Waals surface area contributed by atoms with E-state index < -0.39 is 33.4 Å². The standard InChI is InChI=1S/C18H21F3N6O3S.Na.H/c1-5-14(28)26-31(29,30)11-6-7-13(23-9-11)27-16(24-10-17(2,3)4)12(8-22)15(25-27)18(19,20)21;;/h6-7,9,24H,5,10H2,1-4H3,(H,26,28);;/q;+1;-1. The van der Waals surface area contributed by atoms with Crippen molar-refractivity contribution in [2.45, 2.75) is 45.2 Å². The van der Waals surface area contributed by atoms with Crippen LogP contribution in [0, 0.1) is 16.7 Å². The number of hydrogen-bond acceptors (Lipinski definition) is 7. The van der Waals surface area contributed by atoms with Gasteiger partial charge in [0.1, 0.15) is 22.3 Å². The predicted octanol–water partition coefficient (Wildman–Crippen LogP) is -0.0528. The first-order valence-corrected chi connectivity index (χ1v) is 10.5. The number of anilines is 1. The SMILES string of the molecule is CCC(=O)NS(=O)(=O)c1ccc(-n2nc(C(F)(F)F)c(C#N)c2NCC(C)(C)C)nc1.[H-].[Na+]. The molecule has 2 aromatic heterocycles. The molecular weight excluding hydrogens is 460 g/mol. The second kappa shape index (κ2) is 10.2. The van der Waals surface area contributed by atoms with E-state index in [-0.39, 0.29) is 65.9 Å². The number of nitriles is 1.